The van der Waals surface area contributed by atoms with E-state index in [1.165, 1.54) is 13.8 Å². The summed E-state index contributed by atoms with van der Waals surface area (Å²) in [6.45, 7) is 4.83. The van der Waals surface area contributed by atoms with Crippen molar-refractivity contribution in [3.63, 3.8) is 0 Å². The van der Waals surface area contributed by atoms with Crippen molar-refractivity contribution in [1.82, 2.24) is 0 Å². The summed E-state index contributed by atoms with van der Waals surface area (Å²) in [5.74, 6) is -6.82. The summed E-state index contributed by atoms with van der Waals surface area (Å²) in [4.78, 5) is 22.3. The van der Waals surface area contributed by atoms with E-state index in [1.54, 1.807) is 0 Å². The molecule has 1 atom stereocenters. The maximum absolute atomic E-state index is 13.2. The van der Waals surface area contributed by atoms with Crippen molar-refractivity contribution in [1.29, 1.82) is 0 Å². The third kappa shape index (κ3) is 2.66. The van der Waals surface area contributed by atoms with E-state index < -0.39 is 35.8 Å². The Morgan fingerprint density at radius 1 is 1.37 bits per heavy atom. The molecule has 0 fully saturated rings. The number of halogens is 3. The number of alkyl halides is 3. The summed E-state index contributed by atoms with van der Waals surface area (Å²) < 4.78 is 52.9. The van der Waals surface area contributed by atoms with Crippen LogP contribution in [0.2, 0.25) is 0 Å². The van der Waals surface area contributed by atoms with Crippen molar-refractivity contribution >= 4 is 11.9 Å². The molecule has 0 N–H and O–H groups in total. The number of rotatable bonds is 3. The molecule has 1 heterocycles. The maximum Gasteiger partial charge on any atom is 0.477 e. The molecule has 1 aliphatic heterocycles. The molecule has 0 bridgehead atoms. The monoisotopic (exact) mass is 282 g/mol. The van der Waals surface area contributed by atoms with E-state index in [-0.39, 0.29) is 5.57 Å². The Hall–Kier alpha value is -1.73. The second-order valence-electron chi connectivity index (χ2n) is 4.22. The van der Waals surface area contributed by atoms with Crippen molar-refractivity contribution in [3.05, 3.63) is 11.3 Å². The van der Waals surface area contributed by atoms with Gasteiger partial charge in [0.15, 0.2) is 0 Å². The zero-order valence-electron chi connectivity index (χ0n) is 10.8. The number of carbonyl (C=O) groups excluding carboxylic acids is 2. The van der Waals surface area contributed by atoms with E-state index in [9.17, 15) is 22.8 Å². The van der Waals surface area contributed by atoms with Crippen molar-refractivity contribution in [2.75, 3.05) is 0 Å². The smallest absolute Gasteiger partial charge is 0.477 e. The van der Waals surface area contributed by atoms with Crippen LogP contribution in [0.1, 0.15) is 27.7 Å². The van der Waals surface area contributed by atoms with Crippen LogP contribution >= 0.6 is 0 Å². The normalized spacial score (nSPS) is 23.7. The highest BCUT2D eigenvalue weighted by atomic mass is 19.4. The zero-order valence-corrected chi connectivity index (χ0v) is 10.8. The lowest BCUT2D eigenvalue weighted by Gasteiger charge is -2.31. The topological polar surface area (TPSA) is 61.8 Å². The van der Waals surface area contributed by atoms with Crippen LogP contribution in [-0.4, -0.2) is 30.0 Å². The first-order chi connectivity index (χ1) is 8.51. The molecule has 0 saturated heterocycles. The molecule has 1 rings (SSSR count). The molecule has 1 aliphatic rings. The summed E-state index contributed by atoms with van der Waals surface area (Å²) in [5.41, 5.74) is -0.382. The minimum Gasteiger partial charge on any atom is -0.486 e. The van der Waals surface area contributed by atoms with Gasteiger partial charge in [0.05, 0.1) is 11.7 Å². The Labute approximate surface area is 107 Å². The molecule has 0 aromatic carbocycles. The van der Waals surface area contributed by atoms with E-state index in [0.717, 1.165) is 13.8 Å². The van der Waals surface area contributed by atoms with Crippen molar-refractivity contribution in [3.8, 4) is 0 Å². The third-order valence-corrected chi connectivity index (χ3v) is 2.20. The van der Waals surface area contributed by atoms with Gasteiger partial charge in [-0.1, -0.05) is 0 Å². The van der Waals surface area contributed by atoms with Crippen LogP contribution in [0.3, 0.4) is 0 Å². The van der Waals surface area contributed by atoms with Crippen LogP contribution in [0.4, 0.5) is 13.2 Å². The van der Waals surface area contributed by atoms with Crippen molar-refractivity contribution in [2.45, 2.75) is 45.8 Å². The van der Waals surface area contributed by atoms with E-state index in [0.29, 0.717) is 0 Å². The molecule has 19 heavy (non-hydrogen) atoms. The summed E-state index contributed by atoms with van der Waals surface area (Å²) >= 11 is 0. The molecule has 0 aliphatic carbocycles. The predicted molar refractivity (Wildman–Crippen MR) is 55.6 cm³/mol. The Balaban J connectivity index is 3.37. The van der Waals surface area contributed by atoms with E-state index in [4.69, 9.17) is 4.74 Å². The maximum atomic E-state index is 13.2. The first-order valence-corrected chi connectivity index (χ1v) is 5.39. The van der Waals surface area contributed by atoms with Crippen molar-refractivity contribution in [2.24, 2.45) is 0 Å². The molecule has 0 aromatic heterocycles. The number of carbonyl (C=O) groups is 2. The minimum atomic E-state index is -5.14. The SMILES string of the molecule is CC(=O)OC1(C(F)(F)F)OC(=O)C(C)=C1OC(C)C. The van der Waals surface area contributed by atoms with Gasteiger partial charge in [-0.15, -0.1) is 0 Å². The summed E-state index contributed by atoms with van der Waals surface area (Å²) in [6, 6.07) is 0. The van der Waals surface area contributed by atoms with Gasteiger partial charge in [-0.3, -0.25) is 4.79 Å². The number of cyclic esters (lactones) is 1. The summed E-state index contributed by atoms with van der Waals surface area (Å²) in [5, 5.41) is 0. The molecular formula is C11H13F3O5. The van der Waals surface area contributed by atoms with Crippen LogP contribution in [0.5, 0.6) is 0 Å². The van der Waals surface area contributed by atoms with Crippen LogP contribution in [-0.2, 0) is 23.8 Å². The van der Waals surface area contributed by atoms with Gasteiger partial charge in [0, 0.05) is 6.92 Å². The zero-order chi connectivity index (χ0) is 15.0. The van der Waals surface area contributed by atoms with Gasteiger partial charge in [0.1, 0.15) is 0 Å². The van der Waals surface area contributed by atoms with Crippen LogP contribution in [0.15, 0.2) is 11.3 Å². The largest absolute Gasteiger partial charge is 0.486 e. The van der Waals surface area contributed by atoms with Gasteiger partial charge in [0.2, 0.25) is 5.76 Å². The van der Waals surface area contributed by atoms with E-state index >= 15 is 0 Å². The molecule has 8 heteroatoms. The molecule has 5 nitrogen and oxygen atoms in total. The Kier molecular flexibility index (Phi) is 3.83. The van der Waals surface area contributed by atoms with Crippen LogP contribution in [0, 0.1) is 0 Å². The highest BCUT2D eigenvalue weighted by Gasteiger charge is 2.70. The summed E-state index contributed by atoms with van der Waals surface area (Å²) in [6.07, 6.45) is -5.80. The Bertz CT molecular complexity index is 438. The molecule has 1 unspecified atom stereocenters. The molecule has 0 spiro atoms. The highest BCUT2D eigenvalue weighted by molar-refractivity contribution is 5.92. The molecule has 108 valence electrons. The lowest BCUT2D eigenvalue weighted by molar-refractivity contribution is -0.341. The number of hydrogen-bond donors (Lipinski definition) is 0. The molecule has 0 aromatic rings. The van der Waals surface area contributed by atoms with Crippen LogP contribution < -0.4 is 0 Å². The van der Waals surface area contributed by atoms with Gasteiger partial charge in [0.25, 0.3) is 0 Å². The number of hydrogen-bond acceptors (Lipinski definition) is 5. The highest BCUT2D eigenvalue weighted by Crippen LogP contribution is 2.46. The Morgan fingerprint density at radius 2 is 1.89 bits per heavy atom. The van der Waals surface area contributed by atoms with E-state index in [1.807, 2.05) is 0 Å². The van der Waals surface area contributed by atoms with Gasteiger partial charge < -0.3 is 14.2 Å². The standard InChI is InChI=1S/C11H13F3O5/c1-5(2)17-8-6(3)9(16)19-10(8,11(12,13)14)18-7(4)15/h5H,1-4H3. The van der Waals surface area contributed by atoms with Gasteiger partial charge >= 0.3 is 23.9 Å². The predicted octanol–water partition coefficient (Wildman–Crippen LogP) is 2.06. The molecule has 0 radical (unpaired) electrons. The number of esters is 2. The average molecular weight is 282 g/mol. The molecular weight excluding hydrogens is 269 g/mol. The lowest BCUT2D eigenvalue weighted by Crippen LogP contribution is -2.51. The fourth-order valence-corrected chi connectivity index (χ4v) is 1.51. The summed E-state index contributed by atoms with van der Waals surface area (Å²) in [7, 11) is 0. The van der Waals surface area contributed by atoms with Crippen molar-refractivity contribution < 1.29 is 37.0 Å². The fourth-order valence-electron chi connectivity index (χ4n) is 1.51. The average Bonchev–Trinajstić information content (AvgIpc) is 2.41. The quantitative estimate of drug-likeness (QED) is 0.741. The molecule has 0 amide bonds. The van der Waals surface area contributed by atoms with Gasteiger partial charge in [-0.05, 0) is 20.8 Å². The van der Waals surface area contributed by atoms with E-state index in [2.05, 4.69) is 9.47 Å². The first-order valence-electron chi connectivity index (χ1n) is 5.39. The van der Waals surface area contributed by atoms with Gasteiger partial charge in [-0.2, -0.15) is 13.2 Å². The lowest BCUT2D eigenvalue weighted by atomic mass is 10.1. The molecule has 0 saturated carbocycles. The fraction of sp³-hybridized carbons (Fsp3) is 0.636. The third-order valence-electron chi connectivity index (χ3n) is 2.20. The second kappa shape index (κ2) is 4.75. The second-order valence-corrected chi connectivity index (χ2v) is 4.22. The van der Waals surface area contributed by atoms with Gasteiger partial charge in [-0.25, -0.2) is 4.79 Å². The number of ether oxygens (including phenoxy) is 3. The van der Waals surface area contributed by atoms with Crippen LogP contribution in [0.25, 0.3) is 0 Å². The Morgan fingerprint density at radius 3 is 2.26 bits per heavy atom. The minimum absolute atomic E-state index is 0.382. The first kappa shape index (κ1) is 15.3.